The fourth-order valence-corrected chi connectivity index (χ4v) is 5.18. The number of hydroxylamine groups is 2. The molecule has 1 aromatic heterocycles. The third-order valence-corrected chi connectivity index (χ3v) is 8.15. The van der Waals surface area contributed by atoms with Crippen molar-refractivity contribution in [2.24, 2.45) is 4.99 Å². The summed E-state index contributed by atoms with van der Waals surface area (Å²) in [4.78, 5) is 11.3. The molecule has 1 radical (unpaired) electrons. The van der Waals surface area contributed by atoms with Gasteiger partial charge in [-0.05, 0) is 52.0 Å². The van der Waals surface area contributed by atoms with E-state index in [-0.39, 0.29) is 17.3 Å². The van der Waals surface area contributed by atoms with Gasteiger partial charge in [0.05, 0.1) is 28.2 Å². The highest BCUT2D eigenvalue weighted by Crippen LogP contribution is 2.37. The van der Waals surface area contributed by atoms with Gasteiger partial charge in [0.2, 0.25) is 10.0 Å². The van der Waals surface area contributed by atoms with Crippen LogP contribution in [0, 0.1) is 0 Å². The summed E-state index contributed by atoms with van der Waals surface area (Å²) in [6.07, 6.45) is 0. The third kappa shape index (κ3) is 4.04. The molecule has 3 aromatic rings. The van der Waals surface area contributed by atoms with E-state index < -0.39 is 21.1 Å². The molecule has 9 heteroatoms. The molecular formula is C25H30N5O3S. The van der Waals surface area contributed by atoms with Crippen LogP contribution in [0.1, 0.15) is 39.1 Å². The predicted molar refractivity (Wildman–Crippen MR) is 134 cm³/mol. The molecule has 1 aliphatic heterocycles. The lowest BCUT2D eigenvalue weighted by Gasteiger charge is -2.35. The largest absolute Gasteiger partial charge is 0.377 e. The molecule has 0 bridgehead atoms. The minimum Gasteiger partial charge on any atom is -0.377 e. The van der Waals surface area contributed by atoms with E-state index >= 15 is 0 Å². The Kier molecular flexibility index (Phi) is 5.91. The average molecular weight is 481 g/mol. The van der Waals surface area contributed by atoms with Gasteiger partial charge in [0, 0.05) is 30.6 Å². The van der Waals surface area contributed by atoms with Gasteiger partial charge >= 0.3 is 0 Å². The highest BCUT2D eigenvalue weighted by molar-refractivity contribution is 7.89. The molecule has 1 N–H and O–H groups in total. The Hall–Kier alpha value is -3.01. The summed E-state index contributed by atoms with van der Waals surface area (Å²) in [5, 5.41) is 15.3. The molecule has 0 atom stereocenters. The monoisotopic (exact) mass is 480 g/mol. The van der Waals surface area contributed by atoms with Crippen molar-refractivity contribution in [3.8, 4) is 0 Å². The lowest BCUT2D eigenvalue weighted by atomic mass is 9.84. The van der Waals surface area contributed by atoms with Gasteiger partial charge in [0.15, 0.2) is 5.84 Å². The molecule has 8 nitrogen and oxygen atoms in total. The average Bonchev–Trinajstić information content (AvgIpc) is 2.95. The van der Waals surface area contributed by atoms with Crippen molar-refractivity contribution in [1.29, 1.82) is 0 Å². The maximum atomic E-state index is 13.2. The van der Waals surface area contributed by atoms with Gasteiger partial charge < -0.3 is 4.90 Å². The van der Waals surface area contributed by atoms with Gasteiger partial charge in [-0.25, -0.2) is 18.1 Å². The van der Waals surface area contributed by atoms with Crippen LogP contribution in [0.25, 0.3) is 10.8 Å². The first-order valence-electron chi connectivity index (χ1n) is 11.1. The molecule has 0 spiro atoms. The molecule has 2 heterocycles. The van der Waals surface area contributed by atoms with Crippen molar-refractivity contribution < 1.29 is 13.6 Å². The molecule has 1 aliphatic rings. The summed E-state index contributed by atoms with van der Waals surface area (Å²) in [5.74, 6) is 0.255. The first kappa shape index (κ1) is 24.1. The Bertz CT molecular complexity index is 1380. The first-order chi connectivity index (χ1) is 15.8. The zero-order chi connectivity index (χ0) is 24.9. The molecule has 34 heavy (non-hydrogen) atoms. The number of fused-ring (bicyclic) bond motifs is 1. The van der Waals surface area contributed by atoms with Crippen molar-refractivity contribution in [1.82, 2.24) is 14.8 Å². The number of anilines is 1. The van der Waals surface area contributed by atoms with Gasteiger partial charge in [0.25, 0.3) is 0 Å². The van der Waals surface area contributed by atoms with Crippen LogP contribution < -0.4 is 9.62 Å². The lowest BCUT2D eigenvalue weighted by molar-refractivity contribution is -0.158. The fourth-order valence-electron chi connectivity index (χ4n) is 3.96. The van der Waals surface area contributed by atoms with Gasteiger partial charge in [-0.3, -0.25) is 4.99 Å². The molecule has 0 saturated carbocycles. The Labute approximate surface area is 201 Å². The van der Waals surface area contributed by atoms with E-state index in [2.05, 4.69) is 14.7 Å². The Balaban J connectivity index is 1.61. The predicted octanol–water partition coefficient (Wildman–Crippen LogP) is 3.74. The molecule has 0 amide bonds. The van der Waals surface area contributed by atoms with E-state index in [1.807, 2.05) is 64.9 Å². The quantitative estimate of drug-likeness (QED) is 0.580. The highest BCUT2D eigenvalue weighted by Gasteiger charge is 2.50. The van der Waals surface area contributed by atoms with E-state index in [0.717, 1.165) is 16.1 Å². The Morgan fingerprint density at radius 2 is 1.59 bits per heavy atom. The number of amidine groups is 1. The van der Waals surface area contributed by atoms with Gasteiger partial charge in [0.1, 0.15) is 5.69 Å². The van der Waals surface area contributed by atoms with Crippen LogP contribution in [-0.2, 0) is 21.8 Å². The SMILES string of the molecule is CN(C)c1cccc2c(S(=O)(=O)NCc3cccc(C4=NC(C)(C)C(C)(C)N4[O])n3)cccc12. The number of hydrogen-bond acceptors (Lipinski definition) is 6. The summed E-state index contributed by atoms with van der Waals surface area (Å²) < 4.78 is 29.1. The molecule has 179 valence electrons. The standard InChI is InChI=1S/C25H30N5O3S/c1-24(2)25(3,4)30(31)23(28-24)20-13-7-10-17(27-20)16-26-34(32,33)22-15-9-11-18-19(22)12-8-14-21(18)29(5)6/h7-15,26H,16H2,1-6H3. The second-order valence-corrected chi connectivity index (χ2v) is 11.4. The fraction of sp³-hybridized carbons (Fsp3) is 0.360. The zero-order valence-corrected chi connectivity index (χ0v) is 21.1. The van der Waals surface area contributed by atoms with E-state index in [1.54, 1.807) is 36.4 Å². The molecule has 0 aliphatic carbocycles. The highest BCUT2D eigenvalue weighted by atomic mass is 32.2. The maximum Gasteiger partial charge on any atom is 0.241 e. The number of nitrogens with zero attached hydrogens (tertiary/aromatic N) is 4. The van der Waals surface area contributed by atoms with Crippen LogP contribution in [0.15, 0.2) is 64.5 Å². The van der Waals surface area contributed by atoms with E-state index in [4.69, 9.17) is 0 Å². The first-order valence-corrected chi connectivity index (χ1v) is 12.6. The van der Waals surface area contributed by atoms with Gasteiger partial charge in [-0.15, -0.1) is 0 Å². The van der Waals surface area contributed by atoms with E-state index in [1.165, 1.54) is 0 Å². The number of sulfonamides is 1. The third-order valence-electron chi connectivity index (χ3n) is 6.69. The normalized spacial score (nSPS) is 17.1. The van der Waals surface area contributed by atoms with Crippen molar-refractivity contribution in [2.45, 2.75) is 50.2 Å². The molecular weight excluding hydrogens is 450 g/mol. The van der Waals surface area contributed by atoms with Gasteiger partial charge in [-0.2, -0.15) is 5.06 Å². The number of hydrogen-bond donors (Lipinski definition) is 1. The number of nitrogens with one attached hydrogen (secondary N) is 1. The summed E-state index contributed by atoms with van der Waals surface area (Å²) in [7, 11) is 0.0285. The number of benzene rings is 2. The number of aromatic nitrogens is 1. The van der Waals surface area contributed by atoms with Crippen molar-refractivity contribution >= 4 is 32.3 Å². The van der Waals surface area contributed by atoms with Crippen LogP contribution >= 0.6 is 0 Å². The van der Waals surface area contributed by atoms with Crippen molar-refractivity contribution in [3.05, 3.63) is 66.0 Å². The topological polar surface area (TPSA) is 97.8 Å². The summed E-state index contributed by atoms with van der Waals surface area (Å²) in [6, 6.07) is 16.1. The van der Waals surface area contributed by atoms with Crippen LogP contribution in [0.2, 0.25) is 0 Å². The summed E-state index contributed by atoms with van der Waals surface area (Å²) in [6.45, 7) is 7.50. The Morgan fingerprint density at radius 3 is 2.24 bits per heavy atom. The Morgan fingerprint density at radius 1 is 0.941 bits per heavy atom. The van der Waals surface area contributed by atoms with E-state index in [0.29, 0.717) is 16.8 Å². The van der Waals surface area contributed by atoms with Crippen molar-refractivity contribution in [2.75, 3.05) is 19.0 Å². The molecule has 0 fully saturated rings. The van der Waals surface area contributed by atoms with Crippen molar-refractivity contribution in [3.63, 3.8) is 0 Å². The van der Waals surface area contributed by atoms with Crippen LogP contribution in [0.5, 0.6) is 0 Å². The summed E-state index contributed by atoms with van der Waals surface area (Å²) in [5.41, 5.74) is 0.555. The van der Waals surface area contributed by atoms with Crippen LogP contribution in [-0.4, -0.2) is 49.5 Å². The summed E-state index contributed by atoms with van der Waals surface area (Å²) >= 11 is 0. The smallest absolute Gasteiger partial charge is 0.241 e. The molecule has 0 unspecified atom stereocenters. The minimum absolute atomic E-state index is 0.0150. The second kappa shape index (κ2) is 8.33. The molecule has 4 rings (SSSR count). The van der Waals surface area contributed by atoms with Gasteiger partial charge in [-0.1, -0.05) is 35.5 Å². The molecule has 0 saturated heterocycles. The second-order valence-electron chi connectivity index (χ2n) is 9.71. The van der Waals surface area contributed by atoms with E-state index in [9.17, 15) is 13.6 Å². The maximum absolute atomic E-state index is 13.2. The number of aliphatic imine (C=N–C) groups is 1. The van der Waals surface area contributed by atoms with Crippen LogP contribution in [0.3, 0.4) is 0 Å². The zero-order valence-electron chi connectivity index (χ0n) is 20.3. The molecule has 2 aromatic carbocycles. The number of pyridine rings is 1. The number of rotatable bonds is 6. The van der Waals surface area contributed by atoms with Crippen LogP contribution in [0.4, 0.5) is 5.69 Å². The lowest BCUT2D eigenvalue weighted by Crippen LogP contribution is -2.50. The minimum atomic E-state index is -3.82.